The van der Waals surface area contributed by atoms with Gasteiger partial charge in [-0.3, -0.25) is 4.79 Å². The molecule has 1 aliphatic rings. The minimum Gasteiger partial charge on any atom is -0.493 e. The summed E-state index contributed by atoms with van der Waals surface area (Å²) in [5, 5.41) is 3.81. The molecule has 0 aliphatic heterocycles. The first-order valence-electron chi connectivity index (χ1n) is 8.67. The zero-order valence-corrected chi connectivity index (χ0v) is 14.9. The summed E-state index contributed by atoms with van der Waals surface area (Å²) in [6, 6.07) is 2.13. The molecular weight excluding hydrogens is 302 g/mol. The Kier molecular flexibility index (Phi) is 4.65. The lowest BCUT2D eigenvalue weighted by Crippen LogP contribution is -2.14. The summed E-state index contributed by atoms with van der Waals surface area (Å²) in [5.41, 5.74) is 5.15. The van der Waals surface area contributed by atoms with Gasteiger partial charge in [-0.05, 0) is 51.7 Å². The summed E-state index contributed by atoms with van der Waals surface area (Å²) < 4.78 is 12.1. The van der Waals surface area contributed by atoms with Crippen molar-refractivity contribution in [3.8, 4) is 5.75 Å². The first kappa shape index (κ1) is 16.6. The maximum Gasteiger partial charge on any atom is 0.244 e. The van der Waals surface area contributed by atoms with Crippen LogP contribution >= 0.6 is 0 Å². The Morgan fingerprint density at radius 1 is 1.38 bits per heavy atom. The zero-order chi connectivity index (χ0) is 17.3. The molecule has 0 saturated heterocycles. The maximum absolute atomic E-state index is 11.7. The van der Waals surface area contributed by atoms with Gasteiger partial charge in [-0.25, -0.2) is 0 Å². The number of furan rings is 1. The normalized spacial score (nSPS) is 14.6. The second-order valence-corrected chi connectivity index (χ2v) is 6.34. The number of hydrogen-bond donors (Lipinski definition) is 1. The molecule has 0 atom stereocenters. The number of nitrogens with one attached hydrogen (secondary N) is 1. The number of rotatable bonds is 4. The maximum atomic E-state index is 11.7. The molecule has 4 nitrogen and oxygen atoms in total. The average Bonchev–Trinajstić information content (AvgIpc) is 2.96. The van der Waals surface area contributed by atoms with E-state index in [1.807, 2.05) is 20.8 Å². The standard InChI is InChI=1S/C20H25NO3/c1-5-23-19-13(3)20-16(14-8-6-7-9-17(14)24-20)11-15(19)12(2)10-18(22)21-4/h10-11H,5-9H2,1-4H3,(H,21,22)/b12-10+. The number of aryl methyl sites for hydroxylation is 3. The van der Waals surface area contributed by atoms with E-state index in [9.17, 15) is 4.79 Å². The fourth-order valence-corrected chi connectivity index (χ4v) is 3.51. The van der Waals surface area contributed by atoms with Gasteiger partial charge in [0.15, 0.2) is 0 Å². The first-order chi connectivity index (χ1) is 11.6. The van der Waals surface area contributed by atoms with Crippen LogP contribution in [0.25, 0.3) is 16.5 Å². The molecule has 0 saturated carbocycles. The SMILES string of the molecule is CCOc1c(/C(C)=C/C(=O)NC)cc2c3c(oc2c1C)CCCC3. The third kappa shape index (κ3) is 2.81. The van der Waals surface area contributed by atoms with Gasteiger partial charge in [0.05, 0.1) is 6.61 Å². The van der Waals surface area contributed by atoms with Crippen molar-refractivity contribution in [3.05, 3.63) is 34.6 Å². The molecule has 4 heteroatoms. The Morgan fingerprint density at radius 2 is 2.12 bits per heavy atom. The third-order valence-electron chi connectivity index (χ3n) is 4.73. The van der Waals surface area contributed by atoms with Gasteiger partial charge >= 0.3 is 0 Å². The van der Waals surface area contributed by atoms with E-state index in [4.69, 9.17) is 9.15 Å². The minimum atomic E-state index is -0.109. The second kappa shape index (κ2) is 6.71. The molecule has 128 valence electrons. The lowest BCUT2D eigenvalue weighted by Gasteiger charge is -2.15. The van der Waals surface area contributed by atoms with Crippen LogP contribution in [0.1, 0.15) is 49.1 Å². The van der Waals surface area contributed by atoms with Crippen LogP contribution in [0, 0.1) is 6.92 Å². The summed E-state index contributed by atoms with van der Waals surface area (Å²) in [7, 11) is 1.64. The number of allylic oxidation sites excluding steroid dienone is 1. The van der Waals surface area contributed by atoms with Crippen LogP contribution in [0.3, 0.4) is 0 Å². The van der Waals surface area contributed by atoms with Crippen LogP contribution in [-0.4, -0.2) is 19.6 Å². The Hall–Kier alpha value is -2.23. The highest BCUT2D eigenvalue weighted by atomic mass is 16.5. The molecule has 2 aromatic rings. The smallest absolute Gasteiger partial charge is 0.244 e. The summed E-state index contributed by atoms with van der Waals surface area (Å²) in [6.07, 6.45) is 6.09. The van der Waals surface area contributed by atoms with E-state index < -0.39 is 0 Å². The van der Waals surface area contributed by atoms with Crippen LogP contribution in [-0.2, 0) is 17.6 Å². The zero-order valence-electron chi connectivity index (χ0n) is 14.9. The molecule has 0 unspecified atom stereocenters. The highest BCUT2D eigenvalue weighted by Crippen LogP contribution is 2.41. The number of fused-ring (bicyclic) bond motifs is 3. The van der Waals surface area contributed by atoms with Gasteiger partial charge in [0.2, 0.25) is 5.91 Å². The van der Waals surface area contributed by atoms with Gasteiger partial charge in [-0.2, -0.15) is 0 Å². The summed E-state index contributed by atoms with van der Waals surface area (Å²) >= 11 is 0. The van der Waals surface area contributed by atoms with Crippen LogP contribution in [0.2, 0.25) is 0 Å². The van der Waals surface area contributed by atoms with Crippen molar-refractivity contribution >= 4 is 22.4 Å². The quantitative estimate of drug-likeness (QED) is 0.858. The van der Waals surface area contributed by atoms with Gasteiger partial charge in [-0.1, -0.05) is 0 Å². The van der Waals surface area contributed by atoms with E-state index >= 15 is 0 Å². The van der Waals surface area contributed by atoms with Crippen LogP contribution in [0.15, 0.2) is 16.6 Å². The average molecular weight is 327 g/mol. The van der Waals surface area contributed by atoms with E-state index in [0.717, 1.165) is 46.6 Å². The van der Waals surface area contributed by atoms with Gasteiger partial charge in [-0.15, -0.1) is 0 Å². The van der Waals surface area contributed by atoms with E-state index in [1.165, 1.54) is 23.8 Å². The van der Waals surface area contributed by atoms with E-state index in [2.05, 4.69) is 11.4 Å². The molecule has 1 N–H and O–H groups in total. The minimum absolute atomic E-state index is 0.109. The molecule has 1 aromatic carbocycles. The fourth-order valence-electron chi connectivity index (χ4n) is 3.51. The van der Waals surface area contributed by atoms with Crippen molar-refractivity contribution in [2.24, 2.45) is 0 Å². The van der Waals surface area contributed by atoms with Crippen molar-refractivity contribution < 1.29 is 13.9 Å². The molecule has 0 bridgehead atoms. The Morgan fingerprint density at radius 3 is 2.83 bits per heavy atom. The number of amides is 1. The van der Waals surface area contributed by atoms with Gasteiger partial charge in [0.25, 0.3) is 0 Å². The summed E-state index contributed by atoms with van der Waals surface area (Å²) in [5.74, 6) is 1.82. The fraction of sp³-hybridized carbons (Fsp3) is 0.450. The highest BCUT2D eigenvalue weighted by molar-refractivity contribution is 5.98. The molecule has 1 amide bonds. The van der Waals surface area contributed by atoms with Gasteiger partial charge in [0.1, 0.15) is 17.1 Å². The summed E-state index contributed by atoms with van der Waals surface area (Å²) in [6.45, 7) is 6.54. The predicted molar refractivity (Wildman–Crippen MR) is 96.5 cm³/mol. The van der Waals surface area contributed by atoms with Crippen molar-refractivity contribution in [3.63, 3.8) is 0 Å². The van der Waals surface area contributed by atoms with E-state index in [-0.39, 0.29) is 5.91 Å². The molecule has 1 aliphatic carbocycles. The molecule has 1 heterocycles. The lowest BCUT2D eigenvalue weighted by molar-refractivity contribution is -0.116. The largest absolute Gasteiger partial charge is 0.493 e. The van der Waals surface area contributed by atoms with Crippen molar-refractivity contribution in [2.75, 3.05) is 13.7 Å². The first-order valence-corrected chi connectivity index (χ1v) is 8.67. The lowest BCUT2D eigenvalue weighted by atomic mass is 9.93. The van der Waals surface area contributed by atoms with Crippen molar-refractivity contribution in [1.82, 2.24) is 5.32 Å². The molecule has 0 spiro atoms. The Bertz CT molecular complexity index is 814. The number of carbonyl (C=O) groups excluding carboxylic acids is 1. The Balaban J connectivity index is 2.24. The molecule has 3 rings (SSSR count). The number of hydrogen-bond acceptors (Lipinski definition) is 3. The van der Waals surface area contributed by atoms with Crippen LogP contribution in [0.4, 0.5) is 0 Å². The van der Waals surface area contributed by atoms with E-state index in [1.54, 1.807) is 13.1 Å². The van der Waals surface area contributed by atoms with Gasteiger partial charge < -0.3 is 14.5 Å². The molecule has 0 fully saturated rings. The predicted octanol–water partition coefficient (Wildman–Crippen LogP) is 4.17. The number of likely N-dealkylation sites (N-methyl/N-ethyl adjacent to an activating group) is 1. The van der Waals surface area contributed by atoms with Crippen LogP contribution in [0.5, 0.6) is 5.75 Å². The van der Waals surface area contributed by atoms with Crippen LogP contribution < -0.4 is 10.1 Å². The van der Waals surface area contributed by atoms with Crippen molar-refractivity contribution in [1.29, 1.82) is 0 Å². The third-order valence-corrected chi connectivity index (χ3v) is 4.73. The van der Waals surface area contributed by atoms with E-state index in [0.29, 0.717) is 6.61 Å². The second-order valence-electron chi connectivity index (χ2n) is 6.34. The topological polar surface area (TPSA) is 51.5 Å². The molecule has 0 radical (unpaired) electrons. The van der Waals surface area contributed by atoms with Crippen molar-refractivity contribution in [2.45, 2.75) is 46.5 Å². The molecule has 1 aromatic heterocycles. The number of benzene rings is 1. The van der Waals surface area contributed by atoms with Gasteiger partial charge in [0, 0.05) is 41.6 Å². The number of ether oxygens (including phenoxy) is 1. The highest BCUT2D eigenvalue weighted by Gasteiger charge is 2.23. The summed E-state index contributed by atoms with van der Waals surface area (Å²) in [4.78, 5) is 11.7. The monoisotopic (exact) mass is 327 g/mol. The molecular formula is C20H25NO3. The number of carbonyl (C=O) groups is 1. The molecule has 24 heavy (non-hydrogen) atoms. The Labute approximate surface area is 142 Å².